The van der Waals surface area contributed by atoms with Crippen LogP contribution in [0.2, 0.25) is 10.0 Å². The van der Waals surface area contributed by atoms with Gasteiger partial charge < -0.3 is 19.4 Å². The molecule has 2 aliphatic rings. The number of piperazine rings is 1. The molecule has 1 amide bonds. The van der Waals surface area contributed by atoms with Gasteiger partial charge >= 0.3 is 0 Å². The minimum atomic E-state index is 0.0304. The summed E-state index contributed by atoms with van der Waals surface area (Å²) in [6, 6.07) is 11.6. The van der Waals surface area contributed by atoms with Crippen molar-refractivity contribution in [1.29, 1.82) is 0 Å². The van der Waals surface area contributed by atoms with Crippen molar-refractivity contribution >= 4 is 61.5 Å². The van der Waals surface area contributed by atoms with Crippen molar-refractivity contribution in [2.24, 2.45) is 5.92 Å². The van der Waals surface area contributed by atoms with Crippen LogP contribution in [-0.2, 0) is 4.79 Å². The highest BCUT2D eigenvalue weighted by molar-refractivity contribution is 7.22. The molecular formula is C22H22Cl2N4O2S. The van der Waals surface area contributed by atoms with Gasteiger partial charge in [0, 0.05) is 45.3 Å². The molecule has 31 heavy (non-hydrogen) atoms. The predicted octanol–water partition coefficient (Wildman–Crippen LogP) is 4.40. The molecule has 0 radical (unpaired) electrons. The van der Waals surface area contributed by atoms with E-state index in [1.165, 1.54) is 0 Å². The molecule has 1 aromatic heterocycles. The van der Waals surface area contributed by atoms with Crippen LogP contribution in [0.25, 0.3) is 10.2 Å². The van der Waals surface area contributed by atoms with Crippen LogP contribution in [-0.4, -0.2) is 62.2 Å². The number of ether oxygens (including phenoxy) is 1. The van der Waals surface area contributed by atoms with E-state index in [-0.39, 0.29) is 11.8 Å². The summed E-state index contributed by atoms with van der Waals surface area (Å²) in [5.74, 6) is 1.07. The molecule has 3 aromatic rings. The minimum Gasteiger partial charge on any atom is -0.497 e. The van der Waals surface area contributed by atoms with Crippen LogP contribution in [0.1, 0.15) is 0 Å². The fourth-order valence-electron chi connectivity index (χ4n) is 4.11. The Morgan fingerprint density at radius 2 is 1.87 bits per heavy atom. The molecule has 0 spiro atoms. The monoisotopic (exact) mass is 476 g/mol. The van der Waals surface area contributed by atoms with Crippen LogP contribution < -0.4 is 14.5 Å². The standard InChI is InChI=1S/C22H22Cl2N4O2S/c1-30-15-5-6-19-17(11-15)25-22(31-19)28-12-14(13-28)21(29)27-9-7-26(8-10-27)18-4-2-3-16(23)20(18)24/h2-6,11,14H,7-10,12-13H2,1H3. The van der Waals surface area contributed by atoms with Gasteiger partial charge in [-0.1, -0.05) is 40.6 Å². The summed E-state index contributed by atoms with van der Waals surface area (Å²) < 4.78 is 6.41. The minimum absolute atomic E-state index is 0.0304. The van der Waals surface area contributed by atoms with E-state index in [2.05, 4.69) is 9.80 Å². The first-order valence-corrected chi connectivity index (χ1v) is 11.8. The number of halogens is 2. The molecule has 0 aliphatic carbocycles. The molecule has 0 unspecified atom stereocenters. The Morgan fingerprint density at radius 3 is 2.61 bits per heavy atom. The summed E-state index contributed by atoms with van der Waals surface area (Å²) in [5.41, 5.74) is 1.87. The molecule has 9 heteroatoms. The fourth-order valence-corrected chi connectivity index (χ4v) is 5.49. The van der Waals surface area contributed by atoms with E-state index in [9.17, 15) is 4.79 Å². The van der Waals surface area contributed by atoms with Crippen LogP contribution in [0.4, 0.5) is 10.8 Å². The zero-order valence-electron chi connectivity index (χ0n) is 17.1. The summed E-state index contributed by atoms with van der Waals surface area (Å²) in [6.07, 6.45) is 0. The first kappa shape index (κ1) is 20.7. The Balaban J connectivity index is 1.17. The van der Waals surface area contributed by atoms with E-state index in [1.807, 2.05) is 35.2 Å². The maximum Gasteiger partial charge on any atom is 0.229 e. The molecule has 2 saturated heterocycles. The third kappa shape index (κ3) is 3.90. The van der Waals surface area contributed by atoms with Gasteiger partial charge in [-0.25, -0.2) is 4.98 Å². The van der Waals surface area contributed by atoms with Gasteiger partial charge in [-0.3, -0.25) is 4.79 Å². The Labute approximate surface area is 194 Å². The molecule has 6 nitrogen and oxygen atoms in total. The lowest BCUT2D eigenvalue weighted by molar-refractivity contribution is -0.136. The van der Waals surface area contributed by atoms with Crippen molar-refractivity contribution in [1.82, 2.24) is 9.88 Å². The number of amides is 1. The molecule has 0 bridgehead atoms. The smallest absolute Gasteiger partial charge is 0.229 e. The van der Waals surface area contributed by atoms with Crippen molar-refractivity contribution in [3.8, 4) is 5.75 Å². The molecule has 2 fully saturated rings. The van der Waals surface area contributed by atoms with Gasteiger partial charge in [0.15, 0.2) is 5.13 Å². The predicted molar refractivity (Wildman–Crippen MR) is 127 cm³/mol. The largest absolute Gasteiger partial charge is 0.497 e. The van der Waals surface area contributed by atoms with Crippen LogP contribution in [0.15, 0.2) is 36.4 Å². The quantitative estimate of drug-likeness (QED) is 0.558. The first-order chi connectivity index (χ1) is 15.0. The summed E-state index contributed by atoms with van der Waals surface area (Å²) in [6.45, 7) is 4.33. The van der Waals surface area contributed by atoms with E-state index in [1.54, 1.807) is 24.5 Å². The Morgan fingerprint density at radius 1 is 1.10 bits per heavy atom. The lowest BCUT2D eigenvalue weighted by Gasteiger charge is -2.43. The third-order valence-electron chi connectivity index (χ3n) is 5.95. The number of aromatic nitrogens is 1. The Kier molecular flexibility index (Phi) is 5.58. The molecule has 2 aromatic carbocycles. The number of benzene rings is 2. The molecule has 2 aliphatic heterocycles. The van der Waals surface area contributed by atoms with Crippen molar-refractivity contribution < 1.29 is 9.53 Å². The van der Waals surface area contributed by atoms with E-state index < -0.39 is 0 Å². The number of carbonyl (C=O) groups is 1. The molecule has 0 N–H and O–H groups in total. The van der Waals surface area contributed by atoms with Gasteiger partial charge in [0.2, 0.25) is 5.91 Å². The van der Waals surface area contributed by atoms with Gasteiger partial charge in [0.1, 0.15) is 5.75 Å². The van der Waals surface area contributed by atoms with Crippen molar-refractivity contribution in [3.05, 3.63) is 46.4 Å². The number of hydrogen-bond acceptors (Lipinski definition) is 6. The van der Waals surface area contributed by atoms with Crippen LogP contribution in [0, 0.1) is 5.92 Å². The van der Waals surface area contributed by atoms with Gasteiger partial charge in [-0.15, -0.1) is 0 Å². The van der Waals surface area contributed by atoms with Crippen LogP contribution in [0.5, 0.6) is 5.75 Å². The summed E-state index contributed by atoms with van der Waals surface area (Å²) in [4.78, 5) is 24.0. The molecule has 162 valence electrons. The summed E-state index contributed by atoms with van der Waals surface area (Å²) in [5, 5.41) is 2.10. The zero-order valence-corrected chi connectivity index (χ0v) is 19.4. The maximum absolute atomic E-state index is 13.0. The van der Waals surface area contributed by atoms with Gasteiger partial charge in [-0.2, -0.15) is 0 Å². The van der Waals surface area contributed by atoms with Crippen LogP contribution >= 0.6 is 34.5 Å². The lowest BCUT2D eigenvalue weighted by atomic mass is 9.99. The molecule has 0 saturated carbocycles. The van der Waals surface area contributed by atoms with E-state index >= 15 is 0 Å². The second-order valence-electron chi connectivity index (χ2n) is 7.82. The van der Waals surface area contributed by atoms with E-state index in [0.29, 0.717) is 23.1 Å². The average molecular weight is 477 g/mol. The zero-order chi connectivity index (χ0) is 21.5. The Hall–Kier alpha value is -2.22. The second-order valence-corrected chi connectivity index (χ2v) is 9.61. The maximum atomic E-state index is 13.0. The number of rotatable bonds is 4. The highest BCUT2D eigenvalue weighted by Crippen LogP contribution is 2.36. The number of anilines is 2. The average Bonchev–Trinajstić information content (AvgIpc) is 3.17. The SMILES string of the molecule is COc1ccc2sc(N3CC(C(=O)N4CCN(c5cccc(Cl)c5Cl)CC4)C3)nc2c1. The summed E-state index contributed by atoms with van der Waals surface area (Å²) >= 11 is 14.2. The third-order valence-corrected chi connectivity index (χ3v) is 7.85. The fraction of sp³-hybridized carbons (Fsp3) is 0.364. The van der Waals surface area contributed by atoms with Crippen molar-refractivity contribution in [3.63, 3.8) is 0 Å². The van der Waals surface area contributed by atoms with Gasteiger partial charge in [0.05, 0.1) is 39.0 Å². The normalized spacial score (nSPS) is 17.2. The number of carbonyl (C=O) groups excluding carboxylic acids is 1. The second kappa shape index (κ2) is 8.37. The van der Waals surface area contributed by atoms with E-state index in [0.717, 1.165) is 53.0 Å². The molecule has 3 heterocycles. The van der Waals surface area contributed by atoms with Crippen molar-refractivity contribution in [2.75, 3.05) is 56.2 Å². The van der Waals surface area contributed by atoms with E-state index in [4.69, 9.17) is 32.9 Å². The highest BCUT2D eigenvalue weighted by atomic mass is 35.5. The molecular weight excluding hydrogens is 455 g/mol. The molecule has 0 atom stereocenters. The topological polar surface area (TPSA) is 48.9 Å². The highest BCUT2D eigenvalue weighted by Gasteiger charge is 2.37. The number of fused-ring (bicyclic) bond motifs is 1. The van der Waals surface area contributed by atoms with Gasteiger partial charge in [-0.05, 0) is 24.3 Å². The number of thiazole rings is 1. The number of methoxy groups -OCH3 is 1. The Bertz CT molecular complexity index is 1120. The summed E-state index contributed by atoms with van der Waals surface area (Å²) in [7, 11) is 1.66. The molecule has 5 rings (SSSR count). The van der Waals surface area contributed by atoms with Crippen LogP contribution in [0.3, 0.4) is 0 Å². The number of nitrogens with zero attached hydrogens (tertiary/aromatic N) is 4. The van der Waals surface area contributed by atoms with Gasteiger partial charge in [0.25, 0.3) is 0 Å². The number of hydrogen-bond donors (Lipinski definition) is 0. The van der Waals surface area contributed by atoms with Crippen molar-refractivity contribution in [2.45, 2.75) is 0 Å². The lowest BCUT2D eigenvalue weighted by Crippen LogP contribution is -2.58. The first-order valence-electron chi connectivity index (χ1n) is 10.2.